The van der Waals surface area contributed by atoms with Gasteiger partial charge in [-0.25, -0.2) is 0 Å². The van der Waals surface area contributed by atoms with Gasteiger partial charge in [0.05, 0.1) is 13.2 Å². The molecule has 2 fully saturated rings. The zero-order valence-corrected chi connectivity index (χ0v) is 24.9. The lowest BCUT2D eigenvalue weighted by atomic mass is 10.2. The van der Waals surface area contributed by atoms with E-state index in [4.69, 9.17) is 30.8 Å². The summed E-state index contributed by atoms with van der Waals surface area (Å²) < 4.78 is 62.1. The van der Waals surface area contributed by atoms with Crippen LogP contribution >= 0.6 is 11.6 Å². The van der Waals surface area contributed by atoms with Crippen LogP contribution < -0.4 is 14.4 Å². The number of nitrogens with zero attached hydrogens (tertiary/aromatic N) is 4. The molecule has 3 aliphatic heterocycles. The number of imidazole rings is 1. The van der Waals surface area contributed by atoms with Gasteiger partial charge in [0.15, 0.2) is 17.8 Å². The molecule has 0 bridgehead atoms. The molecule has 1 amide bonds. The minimum absolute atomic E-state index is 0.0815. The number of aromatic nitrogens is 2. The lowest BCUT2D eigenvalue weighted by Gasteiger charge is -2.27. The minimum atomic E-state index is -4.85. The summed E-state index contributed by atoms with van der Waals surface area (Å²) in [5.41, 5.74) is 1.22. The Bertz CT molecular complexity index is 1450. The maximum Gasteiger partial charge on any atom is 0.573 e. The van der Waals surface area contributed by atoms with Crippen LogP contribution in [0.4, 0.5) is 19.0 Å². The number of halogens is 4. The van der Waals surface area contributed by atoms with E-state index in [2.05, 4.69) is 9.64 Å². The fraction of sp³-hybridized carbons (Fsp3) is 0.484. The van der Waals surface area contributed by atoms with Crippen molar-refractivity contribution in [3.8, 4) is 17.5 Å². The third-order valence-corrected chi connectivity index (χ3v) is 8.25. The second-order valence-corrected chi connectivity index (χ2v) is 11.6. The number of rotatable bonds is 10. The molecular weight excluding hydrogens is 601 g/mol. The zero-order chi connectivity index (χ0) is 30.7. The lowest BCUT2D eigenvalue weighted by Crippen LogP contribution is -2.41. The molecule has 0 radical (unpaired) electrons. The molecule has 1 aromatic heterocycles. The van der Waals surface area contributed by atoms with Gasteiger partial charge in [-0.1, -0.05) is 29.8 Å². The third kappa shape index (κ3) is 7.24. The lowest BCUT2D eigenvalue weighted by molar-refractivity contribution is -0.274. The number of carbonyl (C=O) groups is 1. The Hall–Kier alpha value is -3.48. The van der Waals surface area contributed by atoms with Crippen LogP contribution in [0.5, 0.6) is 17.5 Å². The average molecular weight is 635 g/mol. The Morgan fingerprint density at radius 2 is 1.86 bits per heavy atom. The van der Waals surface area contributed by atoms with Gasteiger partial charge in [-0.2, -0.15) is 4.98 Å². The van der Waals surface area contributed by atoms with Crippen LogP contribution in [-0.4, -0.2) is 71.9 Å². The van der Waals surface area contributed by atoms with Gasteiger partial charge in [0.25, 0.3) is 5.91 Å². The van der Waals surface area contributed by atoms with E-state index >= 15 is 0 Å². The molecule has 2 unspecified atom stereocenters. The quantitative estimate of drug-likeness (QED) is 0.232. The number of anilines is 1. The van der Waals surface area contributed by atoms with Gasteiger partial charge in [0.2, 0.25) is 0 Å². The van der Waals surface area contributed by atoms with E-state index in [9.17, 15) is 18.0 Å². The maximum atomic E-state index is 14.3. The van der Waals surface area contributed by atoms with Crippen molar-refractivity contribution in [1.82, 2.24) is 14.5 Å². The Balaban J connectivity index is 1.31. The van der Waals surface area contributed by atoms with E-state index in [1.165, 1.54) is 18.2 Å². The monoisotopic (exact) mass is 634 g/mol. The van der Waals surface area contributed by atoms with Crippen LogP contribution in [0.15, 0.2) is 48.5 Å². The van der Waals surface area contributed by atoms with E-state index in [1.54, 1.807) is 16.7 Å². The predicted molar refractivity (Wildman–Crippen MR) is 156 cm³/mol. The number of amides is 1. The summed E-state index contributed by atoms with van der Waals surface area (Å²) in [6, 6.07) is 12.6. The molecule has 4 heterocycles. The summed E-state index contributed by atoms with van der Waals surface area (Å²) in [5.74, 6) is -0.00371. The molecule has 0 aliphatic carbocycles. The molecule has 0 saturated carbocycles. The van der Waals surface area contributed by atoms with Crippen LogP contribution in [0.1, 0.15) is 54.6 Å². The molecule has 44 heavy (non-hydrogen) atoms. The molecule has 2 saturated heterocycles. The fourth-order valence-corrected chi connectivity index (χ4v) is 6.09. The van der Waals surface area contributed by atoms with Crippen molar-refractivity contribution in [1.29, 1.82) is 0 Å². The topological polar surface area (TPSA) is 78.3 Å². The van der Waals surface area contributed by atoms with Crippen molar-refractivity contribution >= 4 is 23.3 Å². The molecule has 0 N–H and O–H groups in total. The van der Waals surface area contributed by atoms with Crippen molar-refractivity contribution in [2.24, 2.45) is 0 Å². The standard InChI is InChI=1S/C31H34ClF3N4O5/c32-22-12-10-21(11-13-22)19-39-27-28(36-30(39)43-24-7-3-8-25(18-24)44-31(33,34)35)38-15-4-6-23(38)20-37(29(27)40)14-5-17-42-26-9-1-2-16-41-26/h3,7-8,10-13,18,23,26H,1-2,4-6,9,14-17,19-20H2. The highest BCUT2D eigenvalue weighted by molar-refractivity contribution is 6.30. The SMILES string of the molecule is O=C1c2c(nc(Oc3cccc(OC(F)(F)F)c3)n2Cc2ccc(Cl)cc2)N2CCCC2CN1CCCOC1CCCCO1. The third-order valence-electron chi connectivity index (χ3n) is 8.00. The number of benzene rings is 2. The van der Waals surface area contributed by atoms with Crippen LogP contribution in [0.25, 0.3) is 0 Å². The van der Waals surface area contributed by atoms with Gasteiger partial charge in [-0.15, -0.1) is 13.2 Å². The van der Waals surface area contributed by atoms with Gasteiger partial charge in [-0.05, 0) is 68.4 Å². The van der Waals surface area contributed by atoms with Gasteiger partial charge in [0.1, 0.15) is 11.5 Å². The van der Waals surface area contributed by atoms with Crippen molar-refractivity contribution < 1.29 is 36.9 Å². The first-order valence-corrected chi connectivity index (χ1v) is 15.3. The fourth-order valence-electron chi connectivity index (χ4n) is 5.97. The molecule has 3 aromatic rings. The molecular formula is C31H34ClF3N4O5. The van der Waals surface area contributed by atoms with Crippen LogP contribution in [0.2, 0.25) is 5.02 Å². The van der Waals surface area contributed by atoms with Crippen LogP contribution in [0.3, 0.4) is 0 Å². The van der Waals surface area contributed by atoms with Gasteiger partial charge >= 0.3 is 12.4 Å². The highest BCUT2D eigenvalue weighted by Gasteiger charge is 2.40. The molecule has 236 valence electrons. The average Bonchev–Trinajstić information content (AvgIpc) is 3.57. The number of carbonyl (C=O) groups excluding carboxylic acids is 1. The van der Waals surface area contributed by atoms with Crippen molar-refractivity contribution in [2.75, 3.05) is 37.7 Å². The zero-order valence-electron chi connectivity index (χ0n) is 24.1. The maximum absolute atomic E-state index is 14.3. The molecule has 3 aliphatic rings. The Kier molecular flexibility index (Phi) is 9.20. The first-order chi connectivity index (χ1) is 21.2. The highest BCUT2D eigenvalue weighted by atomic mass is 35.5. The van der Waals surface area contributed by atoms with Crippen LogP contribution in [-0.2, 0) is 16.0 Å². The largest absolute Gasteiger partial charge is 0.573 e. The van der Waals surface area contributed by atoms with Crippen molar-refractivity contribution in [3.05, 3.63) is 64.8 Å². The van der Waals surface area contributed by atoms with E-state index in [0.29, 0.717) is 49.3 Å². The summed E-state index contributed by atoms with van der Waals surface area (Å²) >= 11 is 6.12. The van der Waals surface area contributed by atoms with Gasteiger partial charge in [0, 0.05) is 43.4 Å². The normalized spacial score (nSPS) is 20.3. The molecule has 2 aromatic carbocycles. The second-order valence-electron chi connectivity index (χ2n) is 11.2. The van der Waals surface area contributed by atoms with Crippen molar-refractivity contribution in [2.45, 2.75) is 63.8 Å². The minimum Gasteiger partial charge on any atom is -0.425 e. The molecule has 9 nitrogen and oxygen atoms in total. The molecule has 13 heteroatoms. The van der Waals surface area contributed by atoms with Gasteiger partial charge < -0.3 is 28.7 Å². The number of alkyl halides is 3. The summed E-state index contributed by atoms with van der Waals surface area (Å²) in [6.07, 6.45) is 0.466. The smallest absolute Gasteiger partial charge is 0.425 e. The Morgan fingerprint density at radius 3 is 2.64 bits per heavy atom. The first-order valence-electron chi connectivity index (χ1n) is 14.9. The number of ether oxygens (including phenoxy) is 4. The predicted octanol–water partition coefficient (Wildman–Crippen LogP) is 6.63. The number of hydrogen-bond acceptors (Lipinski definition) is 7. The first kappa shape index (κ1) is 30.5. The van der Waals surface area contributed by atoms with Crippen LogP contribution in [0, 0.1) is 0 Å². The summed E-state index contributed by atoms with van der Waals surface area (Å²) in [5, 5.41) is 0.569. The summed E-state index contributed by atoms with van der Waals surface area (Å²) in [4.78, 5) is 23.1. The summed E-state index contributed by atoms with van der Waals surface area (Å²) in [7, 11) is 0. The molecule has 6 rings (SSSR count). The number of hydrogen-bond donors (Lipinski definition) is 0. The molecule has 0 spiro atoms. The van der Waals surface area contributed by atoms with E-state index < -0.39 is 12.1 Å². The van der Waals surface area contributed by atoms with Gasteiger partial charge in [-0.3, -0.25) is 9.36 Å². The van der Waals surface area contributed by atoms with E-state index in [0.717, 1.165) is 50.3 Å². The summed E-state index contributed by atoms with van der Waals surface area (Å²) in [6.45, 7) is 3.19. The Labute approximate surface area is 258 Å². The highest BCUT2D eigenvalue weighted by Crippen LogP contribution is 2.38. The van der Waals surface area contributed by atoms with E-state index in [1.807, 2.05) is 17.0 Å². The Morgan fingerprint density at radius 1 is 1.05 bits per heavy atom. The second kappa shape index (κ2) is 13.3. The van der Waals surface area contributed by atoms with Crippen molar-refractivity contribution in [3.63, 3.8) is 0 Å². The number of fused-ring (bicyclic) bond motifs is 3. The molecule has 2 atom stereocenters. The van der Waals surface area contributed by atoms with E-state index in [-0.39, 0.29) is 36.5 Å².